The van der Waals surface area contributed by atoms with Crippen molar-refractivity contribution in [3.8, 4) is 5.75 Å². The number of fused-ring (bicyclic) bond motifs is 1. The van der Waals surface area contributed by atoms with Gasteiger partial charge >= 0.3 is 18.1 Å². The van der Waals surface area contributed by atoms with Gasteiger partial charge in [-0.1, -0.05) is 57.0 Å². The summed E-state index contributed by atoms with van der Waals surface area (Å²) in [5, 5.41) is 23.4. The van der Waals surface area contributed by atoms with Crippen LogP contribution < -0.4 is 15.4 Å². The van der Waals surface area contributed by atoms with Crippen molar-refractivity contribution in [2.75, 3.05) is 12.9 Å². The molecule has 2 aromatic carbocycles. The van der Waals surface area contributed by atoms with Crippen molar-refractivity contribution in [2.45, 2.75) is 88.1 Å². The fraction of sp³-hybridized carbons (Fsp3) is 0.517. The average Bonchev–Trinajstić information content (AvgIpc) is 3.02. The van der Waals surface area contributed by atoms with E-state index in [1.807, 2.05) is 37.3 Å². The van der Waals surface area contributed by atoms with Gasteiger partial charge < -0.3 is 14.9 Å². The van der Waals surface area contributed by atoms with Crippen LogP contribution in [0.25, 0.3) is 0 Å². The molecule has 0 fully saturated rings. The zero-order valence-corrected chi connectivity index (χ0v) is 25.2. The van der Waals surface area contributed by atoms with E-state index in [0.29, 0.717) is 23.3 Å². The highest BCUT2D eigenvalue weighted by Gasteiger charge is 2.42. The lowest BCUT2D eigenvalue weighted by Crippen LogP contribution is -2.50. The van der Waals surface area contributed by atoms with Gasteiger partial charge in [-0.25, -0.2) is 13.2 Å². The van der Waals surface area contributed by atoms with Crippen molar-refractivity contribution in [1.82, 2.24) is 10.6 Å². The Bertz CT molecular complexity index is 1350. The zero-order chi connectivity index (χ0) is 31.9. The molecule has 234 valence electrons. The number of hydrogen-bond acceptors (Lipinski definition) is 7. The van der Waals surface area contributed by atoms with E-state index in [0.717, 1.165) is 24.8 Å². The minimum absolute atomic E-state index is 0.00660. The molecule has 9 nitrogen and oxygen atoms in total. The van der Waals surface area contributed by atoms with Crippen molar-refractivity contribution in [1.29, 1.82) is 0 Å². The summed E-state index contributed by atoms with van der Waals surface area (Å²) < 4.78 is 65.1. The molecule has 0 radical (unpaired) electrons. The van der Waals surface area contributed by atoms with Gasteiger partial charge in [0.25, 0.3) is 0 Å². The van der Waals surface area contributed by atoms with Crippen LogP contribution in [0, 0.1) is 0 Å². The van der Waals surface area contributed by atoms with Crippen LogP contribution in [-0.4, -0.2) is 60.7 Å². The minimum atomic E-state index is -5.08. The molecule has 1 aliphatic rings. The molecule has 2 atom stereocenters. The molecule has 0 bridgehead atoms. The molecule has 13 heteroatoms. The van der Waals surface area contributed by atoms with Crippen molar-refractivity contribution >= 4 is 21.8 Å². The number of halogens is 3. The van der Waals surface area contributed by atoms with Gasteiger partial charge in [-0.05, 0) is 49.9 Å². The Kier molecular flexibility index (Phi) is 11.6. The minimum Gasteiger partial charge on any atom is -0.496 e. The summed E-state index contributed by atoms with van der Waals surface area (Å²) in [6.45, 7) is 7.45. The van der Waals surface area contributed by atoms with E-state index >= 15 is 0 Å². The highest BCUT2D eigenvalue weighted by atomic mass is 32.2. The summed E-state index contributed by atoms with van der Waals surface area (Å²) in [7, 11) is -2.11. The topological polar surface area (TPSA) is 142 Å². The first-order valence-corrected chi connectivity index (χ1v) is 15.1. The second kappa shape index (κ2) is 13.9. The van der Waals surface area contributed by atoms with Crippen molar-refractivity contribution in [3.63, 3.8) is 0 Å². The predicted molar refractivity (Wildman–Crippen MR) is 151 cm³/mol. The fourth-order valence-electron chi connectivity index (χ4n) is 4.65. The molecule has 0 saturated heterocycles. The van der Waals surface area contributed by atoms with Crippen molar-refractivity contribution in [3.05, 3.63) is 59.2 Å². The summed E-state index contributed by atoms with van der Waals surface area (Å²) in [5.41, 5.74) is 0.503. The molecule has 0 aromatic heterocycles. The van der Waals surface area contributed by atoms with Crippen LogP contribution in [0.1, 0.15) is 76.1 Å². The number of hydrogen-bond donors (Lipinski definition) is 4. The number of alkyl halides is 3. The molecule has 42 heavy (non-hydrogen) atoms. The third kappa shape index (κ3) is 8.68. The molecule has 2 aromatic rings. The lowest BCUT2D eigenvalue weighted by atomic mass is 9.88. The van der Waals surface area contributed by atoms with E-state index in [1.165, 1.54) is 0 Å². The number of rotatable bonds is 10. The molecular weight excluding hydrogens is 577 g/mol. The van der Waals surface area contributed by atoms with E-state index in [9.17, 15) is 31.5 Å². The highest BCUT2D eigenvalue weighted by Crippen LogP contribution is 2.41. The molecule has 0 saturated carbocycles. The molecule has 1 aliphatic heterocycles. The number of ether oxygens (including phenoxy) is 1. The number of sulfone groups is 1. The summed E-state index contributed by atoms with van der Waals surface area (Å²) in [6.07, 6.45) is -1.73. The number of methoxy groups -OCH3 is 1. The summed E-state index contributed by atoms with van der Waals surface area (Å²) in [5.74, 6) is -3.22. The average molecular weight is 617 g/mol. The maximum Gasteiger partial charge on any atom is 0.490 e. The Morgan fingerprint density at radius 1 is 1.10 bits per heavy atom. The number of unbranched alkanes of at least 4 members (excludes halogenated alkanes) is 1. The first-order chi connectivity index (χ1) is 19.4. The van der Waals surface area contributed by atoms with Gasteiger partial charge in [-0.2, -0.15) is 13.2 Å². The van der Waals surface area contributed by atoms with E-state index < -0.39 is 39.0 Å². The third-order valence-electron chi connectivity index (χ3n) is 7.29. The van der Waals surface area contributed by atoms with E-state index in [-0.39, 0.29) is 23.2 Å². The molecule has 3 rings (SSSR count). The fourth-order valence-corrected chi connectivity index (χ4v) is 6.82. The largest absolute Gasteiger partial charge is 0.496 e. The number of carbonyl (C=O) groups is 2. The summed E-state index contributed by atoms with van der Waals surface area (Å²) >= 11 is 0. The highest BCUT2D eigenvalue weighted by molar-refractivity contribution is 7.91. The summed E-state index contributed by atoms with van der Waals surface area (Å²) in [4.78, 5) is 20.7. The molecule has 4 N–H and O–H groups in total. The Morgan fingerprint density at radius 3 is 2.17 bits per heavy atom. The molecule has 0 unspecified atom stereocenters. The first-order valence-electron chi connectivity index (χ1n) is 13.5. The molecule has 0 aliphatic carbocycles. The zero-order valence-electron chi connectivity index (χ0n) is 24.3. The Labute approximate surface area is 244 Å². The SMILES string of the molecule is CCCC[C@]1(CC)CS(=O)(=O)c2cc(CNC(C)(C)C(=O)O)c(OC)cc2[C@@H](c2ccccc2)N1.O=C(O)C(F)(F)F. The predicted octanol–water partition coefficient (Wildman–Crippen LogP) is 5.09. The normalized spacial score (nSPS) is 20.0. The maximum absolute atomic E-state index is 13.9. The number of benzene rings is 2. The third-order valence-corrected chi connectivity index (χ3v) is 9.25. The Hall–Kier alpha value is -3.16. The van der Waals surface area contributed by atoms with Crippen LogP contribution in [0.3, 0.4) is 0 Å². The number of aliphatic carboxylic acids is 2. The van der Waals surface area contributed by atoms with Crippen molar-refractivity contribution < 1.29 is 46.1 Å². The van der Waals surface area contributed by atoms with E-state index in [1.54, 1.807) is 33.1 Å². The Morgan fingerprint density at radius 2 is 1.69 bits per heavy atom. The molecule has 0 amide bonds. The number of nitrogens with one attached hydrogen (secondary N) is 2. The van der Waals surface area contributed by atoms with Gasteiger partial charge in [0.15, 0.2) is 9.84 Å². The van der Waals surface area contributed by atoms with Crippen LogP contribution in [0.2, 0.25) is 0 Å². The van der Waals surface area contributed by atoms with Crippen LogP contribution in [-0.2, 0) is 26.0 Å². The summed E-state index contributed by atoms with van der Waals surface area (Å²) in [6, 6.07) is 13.0. The van der Waals surface area contributed by atoms with Crippen molar-refractivity contribution in [2.24, 2.45) is 0 Å². The first kappa shape index (κ1) is 35.0. The number of carboxylic acid groups (broad SMARTS) is 2. The quantitative estimate of drug-likeness (QED) is 0.287. The van der Waals surface area contributed by atoms with Crippen LogP contribution in [0.5, 0.6) is 5.75 Å². The van der Waals surface area contributed by atoms with Crippen LogP contribution >= 0.6 is 0 Å². The lowest BCUT2D eigenvalue weighted by molar-refractivity contribution is -0.192. The number of carboxylic acids is 2. The van der Waals surface area contributed by atoms with Gasteiger partial charge in [0.05, 0.1) is 23.8 Å². The molecule has 0 spiro atoms. The van der Waals surface area contributed by atoms with E-state index in [2.05, 4.69) is 17.6 Å². The Balaban J connectivity index is 0.000000782. The van der Waals surface area contributed by atoms with Crippen LogP contribution in [0.4, 0.5) is 13.2 Å². The van der Waals surface area contributed by atoms with Gasteiger partial charge in [0.2, 0.25) is 0 Å². The van der Waals surface area contributed by atoms with Gasteiger partial charge in [0, 0.05) is 17.6 Å². The second-order valence-corrected chi connectivity index (χ2v) is 12.7. The van der Waals surface area contributed by atoms with Gasteiger partial charge in [0.1, 0.15) is 11.3 Å². The molecular formula is C29H39F3N2O7S. The standard InChI is InChI=1S/C27H38N2O5S.C2HF3O2/c1-6-8-14-27(7-2)18-35(32,33)23-15-20(17-28-26(3,4)25(30)31)22(34-5)16-21(23)24(29-27)19-12-10-9-11-13-19;3-2(4,5)1(6)7/h9-13,15-16,24,28-29H,6-8,14,17-18H2,1-5H3,(H,30,31);(H,6,7)/t24-,27-;/m1./s1. The van der Waals surface area contributed by atoms with Gasteiger partial charge in [-0.15, -0.1) is 0 Å². The monoisotopic (exact) mass is 616 g/mol. The van der Waals surface area contributed by atoms with Gasteiger partial charge in [-0.3, -0.25) is 15.4 Å². The smallest absolute Gasteiger partial charge is 0.490 e. The van der Waals surface area contributed by atoms with Crippen LogP contribution in [0.15, 0.2) is 47.4 Å². The second-order valence-electron chi connectivity index (χ2n) is 10.8. The maximum atomic E-state index is 13.9. The lowest BCUT2D eigenvalue weighted by Gasteiger charge is -2.36. The van der Waals surface area contributed by atoms with E-state index in [4.69, 9.17) is 14.6 Å². The molecule has 1 heterocycles.